The smallest absolute Gasteiger partial charge is 0.335 e. The molecular formula is C14H17N3O2. The molecule has 0 aromatic carbocycles. The van der Waals surface area contributed by atoms with Crippen molar-refractivity contribution in [3.63, 3.8) is 0 Å². The number of hydrogen-bond acceptors (Lipinski definition) is 3. The number of aryl methyl sites for hydroxylation is 3. The average molecular weight is 259 g/mol. The van der Waals surface area contributed by atoms with Gasteiger partial charge in [0.15, 0.2) is 5.82 Å². The van der Waals surface area contributed by atoms with Gasteiger partial charge in [-0.3, -0.25) is 0 Å². The van der Waals surface area contributed by atoms with Gasteiger partial charge in [-0.05, 0) is 38.5 Å². The number of carboxylic acid groups (broad SMARTS) is 1. The van der Waals surface area contributed by atoms with Crippen LogP contribution in [-0.2, 0) is 6.42 Å². The Morgan fingerprint density at radius 2 is 2.05 bits per heavy atom. The zero-order valence-electron chi connectivity index (χ0n) is 11.3. The third-order valence-corrected chi connectivity index (χ3v) is 2.84. The minimum atomic E-state index is -0.942. The molecule has 0 unspecified atom stereocenters. The van der Waals surface area contributed by atoms with E-state index in [1.54, 1.807) is 16.8 Å². The topological polar surface area (TPSA) is 68.0 Å². The van der Waals surface area contributed by atoms with Crippen molar-refractivity contribution in [3.8, 4) is 5.82 Å². The molecule has 2 aromatic rings. The van der Waals surface area contributed by atoms with Gasteiger partial charge in [-0.1, -0.05) is 13.3 Å². The average Bonchev–Trinajstić information content (AvgIpc) is 2.68. The Morgan fingerprint density at radius 3 is 2.58 bits per heavy atom. The lowest BCUT2D eigenvalue weighted by molar-refractivity contribution is 0.0696. The summed E-state index contributed by atoms with van der Waals surface area (Å²) in [4.78, 5) is 15.7. The van der Waals surface area contributed by atoms with Crippen molar-refractivity contribution in [3.05, 3.63) is 40.8 Å². The van der Waals surface area contributed by atoms with E-state index >= 15 is 0 Å². The number of rotatable bonds is 4. The van der Waals surface area contributed by atoms with E-state index in [-0.39, 0.29) is 5.56 Å². The quantitative estimate of drug-likeness (QED) is 0.916. The third-order valence-electron chi connectivity index (χ3n) is 2.84. The lowest BCUT2D eigenvalue weighted by Crippen LogP contribution is -2.08. The predicted octanol–water partition coefficient (Wildman–Crippen LogP) is 2.53. The van der Waals surface area contributed by atoms with Crippen LogP contribution >= 0.6 is 0 Å². The first-order valence-corrected chi connectivity index (χ1v) is 6.29. The van der Waals surface area contributed by atoms with Gasteiger partial charge < -0.3 is 5.11 Å². The Labute approximate surface area is 111 Å². The fourth-order valence-electron chi connectivity index (χ4n) is 2.05. The van der Waals surface area contributed by atoms with Crippen LogP contribution in [0, 0.1) is 13.8 Å². The number of aromatic nitrogens is 3. The number of aromatic carboxylic acids is 1. The number of carbonyl (C=O) groups is 1. The number of carboxylic acids is 1. The molecule has 0 bridgehead atoms. The fourth-order valence-corrected chi connectivity index (χ4v) is 2.05. The lowest BCUT2D eigenvalue weighted by Gasteiger charge is -2.08. The molecule has 0 saturated carbocycles. The highest BCUT2D eigenvalue weighted by Crippen LogP contribution is 2.14. The zero-order chi connectivity index (χ0) is 14.0. The van der Waals surface area contributed by atoms with Crippen molar-refractivity contribution in [1.82, 2.24) is 14.8 Å². The molecule has 2 aromatic heterocycles. The first-order valence-electron chi connectivity index (χ1n) is 6.29. The summed E-state index contributed by atoms with van der Waals surface area (Å²) >= 11 is 0. The molecule has 5 nitrogen and oxygen atoms in total. The summed E-state index contributed by atoms with van der Waals surface area (Å²) in [6.07, 6.45) is 1.68. The fraction of sp³-hybridized carbons (Fsp3) is 0.357. The van der Waals surface area contributed by atoms with Gasteiger partial charge in [0, 0.05) is 11.4 Å². The van der Waals surface area contributed by atoms with Crippen molar-refractivity contribution in [2.75, 3.05) is 0 Å². The number of nitrogens with zero attached hydrogens (tertiary/aromatic N) is 3. The summed E-state index contributed by atoms with van der Waals surface area (Å²) in [6, 6.07) is 5.12. The van der Waals surface area contributed by atoms with Crippen LogP contribution in [0.5, 0.6) is 0 Å². The van der Waals surface area contributed by atoms with E-state index in [1.807, 2.05) is 26.8 Å². The van der Waals surface area contributed by atoms with Gasteiger partial charge in [0.05, 0.1) is 11.3 Å². The molecule has 100 valence electrons. The Morgan fingerprint density at radius 1 is 1.32 bits per heavy atom. The second-order valence-corrected chi connectivity index (χ2v) is 4.60. The van der Waals surface area contributed by atoms with Crippen molar-refractivity contribution < 1.29 is 9.90 Å². The molecule has 2 heterocycles. The molecular weight excluding hydrogens is 242 g/mol. The molecule has 2 rings (SSSR count). The van der Waals surface area contributed by atoms with E-state index in [2.05, 4.69) is 10.1 Å². The van der Waals surface area contributed by atoms with Crippen molar-refractivity contribution in [1.29, 1.82) is 0 Å². The van der Waals surface area contributed by atoms with Crippen LogP contribution in [0.2, 0.25) is 0 Å². The Bertz CT molecular complexity index is 617. The highest BCUT2D eigenvalue weighted by Gasteiger charge is 2.11. The maximum absolute atomic E-state index is 11.2. The highest BCUT2D eigenvalue weighted by atomic mass is 16.4. The monoisotopic (exact) mass is 259 g/mol. The minimum Gasteiger partial charge on any atom is -0.478 e. The summed E-state index contributed by atoms with van der Waals surface area (Å²) < 4.78 is 1.68. The minimum absolute atomic E-state index is 0.251. The predicted molar refractivity (Wildman–Crippen MR) is 71.8 cm³/mol. The summed E-state index contributed by atoms with van der Waals surface area (Å²) in [5.74, 6) is -0.378. The standard InChI is InChI=1S/C14H17N3O2/c1-4-5-12-7-11(14(18)19)8-13(15-12)17-10(3)6-9(2)16-17/h6-8H,4-5H2,1-3H3,(H,18,19). The summed E-state index contributed by atoms with van der Waals surface area (Å²) in [5.41, 5.74) is 2.86. The summed E-state index contributed by atoms with van der Waals surface area (Å²) in [5, 5.41) is 13.5. The van der Waals surface area contributed by atoms with Gasteiger partial charge >= 0.3 is 5.97 Å². The van der Waals surface area contributed by atoms with E-state index in [4.69, 9.17) is 5.11 Å². The molecule has 0 aliphatic rings. The van der Waals surface area contributed by atoms with Gasteiger partial charge in [-0.2, -0.15) is 5.10 Å². The number of hydrogen-bond donors (Lipinski definition) is 1. The Hall–Kier alpha value is -2.17. The van der Waals surface area contributed by atoms with Gasteiger partial charge in [0.2, 0.25) is 0 Å². The second kappa shape index (κ2) is 5.22. The molecule has 0 saturated heterocycles. The van der Waals surface area contributed by atoms with E-state index in [1.165, 1.54) is 0 Å². The van der Waals surface area contributed by atoms with Crippen molar-refractivity contribution in [2.45, 2.75) is 33.6 Å². The number of pyridine rings is 1. The van der Waals surface area contributed by atoms with Crippen molar-refractivity contribution in [2.24, 2.45) is 0 Å². The van der Waals surface area contributed by atoms with Crippen LogP contribution in [0.3, 0.4) is 0 Å². The molecule has 0 radical (unpaired) electrons. The van der Waals surface area contributed by atoms with E-state index in [0.717, 1.165) is 29.9 Å². The van der Waals surface area contributed by atoms with Crippen LogP contribution in [0.15, 0.2) is 18.2 Å². The Kier molecular flexibility index (Phi) is 3.64. The summed E-state index contributed by atoms with van der Waals surface area (Å²) in [7, 11) is 0. The van der Waals surface area contributed by atoms with E-state index < -0.39 is 5.97 Å². The molecule has 1 N–H and O–H groups in total. The van der Waals surface area contributed by atoms with Crippen LogP contribution < -0.4 is 0 Å². The molecule has 5 heteroatoms. The summed E-state index contributed by atoms with van der Waals surface area (Å²) in [6.45, 7) is 5.87. The highest BCUT2D eigenvalue weighted by molar-refractivity contribution is 5.88. The maximum atomic E-state index is 11.2. The molecule has 0 aliphatic carbocycles. The van der Waals surface area contributed by atoms with Gasteiger partial charge in [0.1, 0.15) is 0 Å². The van der Waals surface area contributed by atoms with Crippen LogP contribution in [-0.4, -0.2) is 25.8 Å². The molecule has 19 heavy (non-hydrogen) atoms. The first kappa shape index (κ1) is 13.3. The SMILES string of the molecule is CCCc1cc(C(=O)O)cc(-n2nc(C)cc2C)n1. The largest absolute Gasteiger partial charge is 0.478 e. The molecule has 0 amide bonds. The normalized spacial score (nSPS) is 10.7. The van der Waals surface area contributed by atoms with Crippen molar-refractivity contribution >= 4 is 5.97 Å². The lowest BCUT2D eigenvalue weighted by atomic mass is 10.1. The van der Waals surface area contributed by atoms with Crippen LogP contribution in [0.25, 0.3) is 5.82 Å². The van der Waals surface area contributed by atoms with Gasteiger partial charge in [-0.25, -0.2) is 14.5 Å². The molecule has 0 spiro atoms. The molecule has 0 fully saturated rings. The second-order valence-electron chi connectivity index (χ2n) is 4.60. The van der Waals surface area contributed by atoms with E-state index in [0.29, 0.717) is 5.82 Å². The van der Waals surface area contributed by atoms with Gasteiger partial charge in [0.25, 0.3) is 0 Å². The zero-order valence-corrected chi connectivity index (χ0v) is 11.3. The van der Waals surface area contributed by atoms with Crippen LogP contribution in [0.1, 0.15) is 40.8 Å². The first-order chi connectivity index (χ1) is 9.01. The molecule has 0 atom stereocenters. The Balaban J connectivity index is 2.55. The maximum Gasteiger partial charge on any atom is 0.335 e. The third kappa shape index (κ3) is 2.81. The van der Waals surface area contributed by atoms with Gasteiger partial charge in [-0.15, -0.1) is 0 Å². The van der Waals surface area contributed by atoms with E-state index in [9.17, 15) is 4.79 Å². The van der Waals surface area contributed by atoms with Crippen LogP contribution in [0.4, 0.5) is 0 Å². The molecule has 0 aliphatic heterocycles.